The highest BCUT2D eigenvalue weighted by Crippen LogP contribution is 2.03. The van der Waals surface area contributed by atoms with Gasteiger partial charge >= 0.3 is 0 Å². The van der Waals surface area contributed by atoms with Gasteiger partial charge in [-0.2, -0.15) is 0 Å². The molecule has 0 radical (unpaired) electrons. The van der Waals surface area contributed by atoms with E-state index >= 15 is 0 Å². The molecule has 0 amide bonds. The van der Waals surface area contributed by atoms with Crippen LogP contribution in [-0.4, -0.2) is 17.3 Å². The minimum Gasteiger partial charge on any atom is -0.481 e. The SMILES string of the molecule is CCOC(=N)CC(C)Br. The molecular formula is C6H12BrNO. The van der Waals surface area contributed by atoms with E-state index in [-0.39, 0.29) is 0 Å². The molecule has 0 bridgehead atoms. The smallest absolute Gasteiger partial charge is 0.181 e. The minimum absolute atomic E-state index is 0.344. The molecule has 0 aliphatic heterocycles. The summed E-state index contributed by atoms with van der Waals surface area (Å²) >= 11 is 3.32. The van der Waals surface area contributed by atoms with Gasteiger partial charge in [0.2, 0.25) is 0 Å². The van der Waals surface area contributed by atoms with E-state index in [4.69, 9.17) is 10.1 Å². The van der Waals surface area contributed by atoms with E-state index in [2.05, 4.69) is 15.9 Å². The van der Waals surface area contributed by atoms with E-state index in [1.807, 2.05) is 13.8 Å². The molecule has 0 aliphatic carbocycles. The Hall–Kier alpha value is -0.0500. The highest BCUT2D eigenvalue weighted by atomic mass is 79.9. The largest absolute Gasteiger partial charge is 0.481 e. The standard InChI is InChI=1S/C6H12BrNO/c1-3-9-6(8)4-5(2)7/h5,8H,3-4H2,1-2H3. The number of halogens is 1. The third-order valence-corrected chi connectivity index (χ3v) is 1.11. The van der Waals surface area contributed by atoms with Crippen LogP contribution in [0.3, 0.4) is 0 Å². The van der Waals surface area contributed by atoms with Gasteiger partial charge in [-0.1, -0.05) is 22.9 Å². The summed E-state index contributed by atoms with van der Waals surface area (Å²) in [4.78, 5) is 0.344. The number of hydrogen-bond acceptors (Lipinski definition) is 2. The molecule has 0 aromatic carbocycles. The average molecular weight is 194 g/mol. The van der Waals surface area contributed by atoms with Crippen molar-refractivity contribution < 1.29 is 4.74 Å². The molecule has 0 aromatic rings. The van der Waals surface area contributed by atoms with Crippen LogP contribution in [0.1, 0.15) is 20.3 Å². The van der Waals surface area contributed by atoms with Gasteiger partial charge < -0.3 is 4.74 Å². The van der Waals surface area contributed by atoms with Crippen LogP contribution in [0.2, 0.25) is 0 Å². The van der Waals surface area contributed by atoms with Crippen molar-refractivity contribution >= 4 is 21.8 Å². The van der Waals surface area contributed by atoms with Gasteiger partial charge in [-0.25, -0.2) is 0 Å². The summed E-state index contributed by atoms with van der Waals surface area (Å²) in [6.07, 6.45) is 0.674. The molecule has 0 heterocycles. The Bertz CT molecular complexity index is 93.1. The Morgan fingerprint density at radius 3 is 2.67 bits per heavy atom. The zero-order valence-corrected chi connectivity index (χ0v) is 7.36. The fraction of sp³-hybridized carbons (Fsp3) is 0.833. The molecule has 1 atom stereocenters. The Labute approximate surface area is 64.2 Å². The molecule has 0 saturated carbocycles. The summed E-state index contributed by atoms with van der Waals surface area (Å²) in [6.45, 7) is 4.47. The van der Waals surface area contributed by atoms with Crippen molar-refractivity contribution in [3.8, 4) is 0 Å². The van der Waals surface area contributed by atoms with Crippen LogP contribution in [0, 0.1) is 5.41 Å². The lowest BCUT2D eigenvalue weighted by Crippen LogP contribution is -2.07. The lowest BCUT2D eigenvalue weighted by Gasteiger charge is -2.04. The molecule has 1 unspecified atom stereocenters. The molecule has 0 aliphatic rings. The second-order valence-corrected chi connectivity index (χ2v) is 3.40. The average Bonchev–Trinajstić information content (AvgIpc) is 1.63. The van der Waals surface area contributed by atoms with E-state index in [0.717, 1.165) is 0 Å². The van der Waals surface area contributed by atoms with E-state index in [9.17, 15) is 0 Å². The molecular weight excluding hydrogens is 182 g/mol. The summed E-state index contributed by atoms with van der Waals surface area (Å²) in [7, 11) is 0. The van der Waals surface area contributed by atoms with Gasteiger partial charge in [-0.05, 0) is 6.92 Å². The predicted octanol–water partition coefficient (Wildman–Crippen LogP) is 2.17. The first-order chi connectivity index (χ1) is 4.16. The molecule has 0 aromatic heterocycles. The van der Waals surface area contributed by atoms with Gasteiger partial charge in [-0.3, -0.25) is 5.41 Å². The topological polar surface area (TPSA) is 33.1 Å². The van der Waals surface area contributed by atoms with E-state index in [0.29, 0.717) is 23.8 Å². The molecule has 1 N–H and O–H groups in total. The number of hydrogen-bond donors (Lipinski definition) is 1. The van der Waals surface area contributed by atoms with Crippen molar-refractivity contribution in [3.05, 3.63) is 0 Å². The third-order valence-electron chi connectivity index (χ3n) is 0.785. The van der Waals surface area contributed by atoms with E-state index in [1.165, 1.54) is 0 Å². The van der Waals surface area contributed by atoms with Crippen molar-refractivity contribution in [2.75, 3.05) is 6.61 Å². The highest BCUT2D eigenvalue weighted by molar-refractivity contribution is 9.09. The fourth-order valence-electron chi connectivity index (χ4n) is 0.489. The van der Waals surface area contributed by atoms with Crippen LogP contribution in [0.5, 0.6) is 0 Å². The van der Waals surface area contributed by atoms with Gasteiger partial charge in [0.25, 0.3) is 0 Å². The molecule has 0 rings (SSSR count). The Morgan fingerprint density at radius 2 is 2.33 bits per heavy atom. The minimum atomic E-state index is 0.344. The number of nitrogens with one attached hydrogen (secondary N) is 1. The van der Waals surface area contributed by atoms with Crippen LogP contribution in [0.4, 0.5) is 0 Å². The fourth-order valence-corrected chi connectivity index (χ4v) is 0.783. The maximum atomic E-state index is 7.17. The van der Waals surface area contributed by atoms with Gasteiger partial charge in [0, 0.05) is 11.2 Å². The van der Waals surface area contributed by atoms with Crippen LogP contribution < -0.4 is 0 Å². The molecule has 3 heteroatoms. The molecule has 9 heavy (non-hydrogen) atoms. The quantitative estimate of drug-likeness (QED) is 0.417. The van der Waals surface area contributed by atoms with Crippen LogP contribution in [0.25, 0.3) is 0 Å². The Morgan fingerprint density at radius 1 is 1.78 bits per heavy atom. The number of rotatable bonds is 3. The van der Waals surface area contributed by atoms with Crippen molar-refractivity contribution in [1.82, 2.24) is 0 Å². The van der Waals surface area contributed by atoms with Crippen LogP contribution in [0.15, 0.2) is 0 Å². The normalized spacial score (nSPS) is 12.8. The summed E-state index contributed by atoms with van der Waals surface area (Å²) < 4.78 is 4.91. The summed E-state index contributed by atoms with van der Waals surface area (Å²) in [5, 5.41) is 7.17. The lowest BCUT2D eigenvalue weighted by molar-refractivity contribution is 0.314. The van der Waals surface area contributed by atoms with Gasteiger partial charge in [0.15, 0.2) is 5.90 Å². The lowest BCUT2D eigenvalue weighted by atomic mass is 10.3. The van der Waals surface area contributed by atoms with Gasteiger partial charge in [0.1, 0.15) is 0 Å². The van der Waals surface area contributed by atoms with Crippen molar-refractivity contribution in [1.29, 1.82) is 5.41 Å². The first kappa shape index (κ1) is 8.95. The monoisotopic (exact) mass is 193 g/mol. The molecule has 2 nitrogen and oxygen atoms in total. The zero-order chi connectivity index (χ0) is 7.28. The van der Waals surface area contributed by atoms with E-state index < -0.39 is 0 Å². The first-order valence-corrected chi connectivity index (χ1v) is 3.92. The summed E-state index contributed by atoms with van der Waals surface area (Å²) in [5.41, 5.74) is 0. The van der Waals surface area contributed by atoms with Gasteiger partial charge in [0.05, 0.1) is 6.61 Å². The maximum Gasteiger partial charge on any atom is 0.181 e. The van der Waals surface area contributed by atoms with Crippen molar-refractivity contribution in [3.63, 3.8) is 0 Å². The van der Waals surface area contributed by atoms with Crippen molar-refractivity contribution in [2.45, 2.75) is 25.1 Å². The molecule has 0 saturated heterocycles. The molecule has 0 fully saturated rings. The van der Waals surface area contributed by atoms with Gasteiger partial charge in [-0.15, -0.1) is 0 Å². The second kappa shape index (κ2) is 4.79. The molecule has 54 valence electrons. The predicted molar refractivity (Wildman–Crippen MR) is 42.4 cm³/mol. The third kappa shape index (κ3) is 5.83. The Balaban J connectivity index is 3.27. The maximum absolute atomic E-state index is 7.17. The molecule has 0 spiro atoms. The summed E-state index contributed by atoms with van der Waals surface area (Å²) in [6, 6.07) is 0. The second-order valence-electron chi connectivity index (χ2n) is 1.84. The number of ether oxygens (including phenoxy) is 1. The van der Waals surface area contributed by atoms with Crippen LogP contribution in [-0.2, 0) is 4.74 Å². The van der Waals surface area contributed by atoms with Crippen molar-refractivity contribution in [2.24, 2.45) is 0 Å². The highest BCUT2D eigenvalue weighted by Gasteiger charge is 2.00. The first-order valence-electron chi connectivity index (χ1n) is 3.01. The van der Waals surface area contributed by atoms with E-state index in [1.54, 1.807) is 0 Å². The zero-order valence-electron chi connectivity index (χ0n) is 5.78. The summed E-state index contributed by atoms with van der Waals surface area (Å²) in [5.74, 6) is 0.363. The Kier molecular flexibility index (Phi) is 4.77. The number of alkyl halides is 1. The van der Waals surface area contributed by atoms with Crippen LogP contribution >= 0.6 is 15.9 Å².